The van der Waals surface area contributed by atoms with E-state index in [1.807, 2.05) is 0 Å². The van der Waals surface area contributed by atoms with Crippen LogP contribution >= 0.6 is 11.6 Å². The van der Waals surface area contributed by atoms with E-state index in [1.165, 1.54) is 25.6 Å². The van der Waals surface area contributed by atoms with Crippen LogP contribution < -0.4 is 21.9 Å². The number of nitrogens with two attached hydrogens (primary N) is 1. The molecule has 1 saturated carbocycles. The van der Waals surface area contributed by atoms with E-state index >= 15 is 0 Å². The second kappa shape index (κ2) is 8.02. The normalized spacial score (nSPS) is 14.8. The molecule has 5 N–H and O–H groups in total. The first kappa shape index (κ1) is 17.3. The number of hydrogen-bond acceptors (Lipinski definition) is 6. The molecule has 7 nitrogen and oxygen atoms in total. The fourth-order valence-electron chi connectivity index (χ4n) is 2.88. The number of hydrogen-bond donors (Lipinski definition) is 4. The van der Waals surface area contributed by atoms with Gasteiger partial charge in [0.05, 0.1) is 10.6 Å². The van der Waals surface area contributed by atoms with Crippen LogP contribution in [0.2, 0.25) is 5.02 Å². The van der Waals surface area contributed by atoms with Gasteiger partial charge in [-0.25, -0.2) is 9.97 Å². The molecular formula is C17H21ClN6O. The van der Waals surface area contributed by atoms with E-state index in [9.17, 15) is 4.79 Å². The lowest BCUT2D eigenvalue weighted by Gasteiger charge is -2.24. The minimum Gasteiger partial charge on any atom is -0.393 e. The Morgan fingerprint density at radius 3 is 2.60 bits per heavy atom. The largest absolute Gasteiger partial charge is 0.393 e. The number of nitrogens with one attached hydrogen (secondary N) is 3. The Kier molecular flexibility index (Phi) is 5.55. The van der Waals surface area contributed by atoms with E-state index in [2.05, 4.69) is 26.1 Å². The van der Waals surface area contributed by atoms with E-state index in [-0.39, 0.29) is 5.91 Å². The first-order chi connectivity index (χ1) is 12.1. The molecule has 3 rings (SSSR count). The Morgan fingerprint density at radius 2 is 1.84 bits per heavy atom. The first-order valence-electron chi connectivity index (χ1n) is 8.33. The topological polar surface area (TPSA) is 105 Å². The number of carbonyl (C=O) groups excluding carboxylic acids is 1. The summed E-state index contributed by atoms with van der Waals surface area (Å²) < 4.78 is 0. The lowest BCUT2D eigenvalue weighted by atomic mass is 9.95. The molecule has 0 bridgehead atoms. The Hall–Kier alpha value is -2.54. The van der Waals surface area contributed by atoms with Gasteiger partial charge in [0.1, 0.15) is 12.0 Å². The van der Waals surface area contributed by atoms with Crippen LogP contribution in [0, 0.1) is 0 Å². The number of aromatic nitrogens is 2. The maximum absolute atomic E-state index is 12.2. The van der Waals surface area contributed by atoms with Crippen molar-refractivity contribution in [3.8, 4) is 0 Å². The third-order valence-electron chi connectivity index (χ3n) is 4.24. The van der Waals surface area contributed by atoms with Gasteiger partial charge < -0.3 is 11.1 Å². The number of halogens is 1. The van der Waals surface area contributed by atoms with Gasteiger partial charge >= 0.3 is 0 Å². The van der Waals surface area contributed by atoms with E-state index in [4.69, 9.17) is 17.3 Å². The van der Waals surface area contributed by atoms with Crippen LogP contribution in [-0.4, -0.2) is 21.9 Å². The number of rotatable bonds is 5. The molecule has 132 valence electrons. The smallest absolute Gasteiger partial charge is 0.271 e. The summed E-state index contributed by atoms with van der Waals surface area (Å²) in [6.45, 7) is 0. The van der Waals surface area contributed by atoms with E-state index < -0.39 is 0 Å². The van der Waals surface area contributed by atoms with Crippen LogP contribution in [0.4, 0.5) is 17.3 Å². The van der Waals surface area contributed by atoms with Crippen molar-refractivity contribution in [1.82, 2.24) is 15.4 Å². The summed E-state index contributed by atoms with van der Waals surface area (Å²) in [7, 11) is 0. The predicted octanol–water partition coefficient (Wildman–Crippen LogP) is 3.21. The molecule has 1 aromatic carbocycles. The van der Waals surface area contributed by atoms with Gasteiger partial charge in [-0.3, -0.25) is 15.6 Å². The van der Waals surface area contributed by atoms with Gasteiger partial charge in [-0.2, -0.15) is 0 Å². The summed E-state index contributed by atoms with van der Waals surface area (Å²) in [6, 6.07) is 7.17. The number of carbonyl (C=O) groups is 1. The molecule has 1 aliphatic carbocycles. The van der Waals surface area contributed by atoms with E-state index in [0.29, 0.717) is 34.0 Å². The van der Waals surface area contributed by atoms with Crippen molar-refractivity contribution >= 4 is 34.8 Å². The van der Waals surface area contributed by atoms with Gasteiger partial charge in [0.2, 0.25) is 0 Å². The molecule has 0 unspecified atom stereocenters. The zero-order valence-corrected chi connectivity index (χ0v) is 14.5. The highest BCUT2D eigenvalue weighted by Gasteiger charge is 2.17. The van der Waals surface area contributed by atoms with Crippen molar-refractivity contribution in [2.75, 3.05) is 16.5 Å². The number of amides is 1. The van der Waals surface area contributed by atoms with Crippen LogP contribution in [-0.2, 0) is 0 Å². The molecule has 0 atom stereocenters. The van der Waals surface area contributed by atoms with Gasteiger partial charge in [0.25, 0.3) is 5.91 Å². The molecule has 8 heteroatoms. The number of benzene rings is 1. The molecule has 0 aliphatic heterocycles. The molecule has 1 aliphatic rings. The van der Waals surface area contributed by atoms with E-state index in [1.54, 1.807) is 24.3 Å². The summed E-state index contributed by atoms with van der Waals surface area (Å²) in [5.41, 5.74) is 12.2. The van der Waals surface area contributed by atoms with Crippen LogP contribution in [0.5, 0.6) is 0 Å². The van der Waals surface area contributed by atoms with Gasteiger partial charge in [-0.15, -0.1) is 0 Å². The molecule has 0 radical (unpaired) electrons. The molecule has 2 aromatic rings. The second-order valence-corrected chi connectivity index (χ2v) is 6.43. The monoisotopic (exact) mass is 360 g/mol. The van der Waals surface area contributed by atoms with Gasteiger partial charge in [0.15, 0.2) is 11.6 Å². The average Bonchev–Trinajstić information content (AvgIpc) is 2.63. The van der Waals surface area contributed by atoms with Crippen molar-refractivity contribution in [2.24, 2.45) is 0 Å². The molecule has 1 amide bonds. The predicted molar refractivity (Wildman–Crippen MR) is 99.5 cm³/mol. The summed E-state index contributed by atoms with van der Waals surface area (Å²) in [5, 5.41) is 3.74. The lowest BCUT2D eigenvalue weighted by molar-refractivity contribution is 0.0962. The lowest BCUT2D eigenvalue weighted by Crippen LogP contribution is -2.31. The third-order valence-corrected chi connectivity index (χ3v) is 4.57. The summed E-state index contributed by atoms with van der Waals surface area (Å²) in [5.74, 6) is 0.551. The Labute approximate surface area is 151 Å². The van der Waals surface area contributed by atoms with Crippen LogP contribution in [0.25, 0.3) is 0 Å². The standard InChI is InChI=1S/C17H21ClN6O/c18-13-9-5-4-8-12(13)17(25)24-23-16-14(19)15(20-10-21-16)22-11-6-2-1-3-7-11/h4-5,8-11H,1-3,6-7,19H2,(H,24,25)(H2,20,21,22,23). The minimum atomic E-state index is -0.370. The molecule has 0 spiro atoms. The number of nitrogen functional groups attached to an aromatic ring is 1. The zero-order chi connectivity index (χ0) is 17.6. The van der Waals surface area contributed by atoms with Crippen molar-refractivity contribution in [2.45, 2.75) is 38.1 Å². The van der Waals surface area contributed by atoms with Crippen molar-refractivity contribution in [3.05, 3.63) is 41.2 Å². The Bertz CT molecular complexity index is 748. The molecule has 1 aromatic heterocycles. The molecular weight excluding hydrogens is 340 g/mol. The van der Waals surface area contributed by atoms with Crippen LogP contribution in [0.1, 0.15) is 42.5 Å². The summed E-state index contributed by atoms with van der Waals surface area (Å²) in [4.78, 5) is 20.5. The third kappa shape index (κ3) is 4.30. The maximum Gasteiger partial charge on any atom is 0.271 e. The fourth-order valence-corrected chi connectivity index (χ4v) is 3.10. The number of hydrazine groups is 1. The zero-order valence-electron chi connectivity index (χ0n) is 13.8. The fraction of sp³-hybridized carbons (Fsp3) is 0.353. The number of nitrogens with zero attached hydrogens (tertiary/aromatic N) is 2. The van der Waals surface area contributed by atoms with Gasteiger partial charge in [0, 0.05) is 6.04 Å². The van der Waals surface area contributed by atoms with Crippen molar-refractivity contribution in [1.29, 1.82) is 0 Å². The summed E-state index contributed by atoms with van der Waals surface area (Å²) >= 11 is 6.02. The van der Waals surface area contributed by atoms with Crippen LogP contribution in [0.3, 0.4) is 0 Å². The van der Waals surface area contributed by atoms with E-state index in [0.717, 1.165) is 12.8 Å². The van der Waals surface area contributed by atoms with Gasteiger partial charge in [-0.05, 0) is 25.0 Å². The van der Waals surface area contributed by atoms with Gasteiger partial charge in [-0.1, -0.05) is 43.0 Å². The highest BCUT2D eigenvalue weighted by molar-refractivity contribution is 6.33. The van der Waals surface area contributed by atoms with Crippen molar-refractivity contribution < 1.29 is 4.79 Å². The Balaban J connectivity index is 1.65. The highest BCUT2D eigenvalue weighted by atomic mass is 35.5. The highest BCUT2D eigenvalue weighted by Crippen LogP contribution is 2.26. The SMILES string of the molecule is Nc1c(NNC(=O)c2ccccc2Cl)ncnc1NC1CCCCC1. The Morgan fingerprint density at radius 1 is 1.12 bits per heavy atom. The first-order valence-corrected chi connectivity index (χ1v) is 8.71. The van der Waals surface area contributed by atoms with Crippen LogP contribution in [0.15, 0.2) is 30.6 Å². The molecule has 0 saturated heterocycles. The quantitative estimate of drug-likeness (QED) is 0.610. The second-order valence-electron chi connectivity index (χ2n) is 6.02. The molecule has 1 fully saturated rings. The average molecular weight is 361 g/mol. The molecule has 1 heterocycles. The minimum absolute atomic E-state index is 0.341. The summed E-state index contributed by atoms with van der Waals surface area (Å²) in [6.07, 6.45) is 7.32. The number of anilines is 3. The van der Waals surface area contributed by atoms with Crippen molar-refractivity contribution in [3.63, 3.8) is 0 Å². The molecule has 25 heavy (non-hydrogen) atoms. The maximum atomic E-state index is 12.2.